The molecule has 0 aliphatic heterocycles. The summed E-state index contributed by atoms with van der Waals surface area (Å²) in [7, 11) is 0. The highest BCUT2D eigenvalue weighted by Crippen LogP contribution is 2.30. The predicted molar refractivity (Wildman–Crippen MR) is 125 cm³/mol. The van der Waals surface area contributed by atoms with Crippen LogP contribution in [0.15, 0.2) is 53.3 Å². The van der Waals surface area contributed by atoms with E-state index < -0.39 is 0 Å². The van der Waals surface area contributed by atoms with E-state index in [1.807, 2.05) is 31.2 Å². The molecule has 5 aromatic rings. The normalized spacial score (nSPS) is 11.3. The van der Waals surface area contributed by atoms with E-state index in [0.717, 1.165) is 58.6 Å². The standard InChI is InChI=1S/C24H24N8O/c1-3-7-20-19(23(33)26-24-25-21(4-2)29-32(20)24)14-15-10-12-16(13-11-15)17-8-5-6-9-18(17)22-27-30-31-28-22/h5-6,8-13H,3-4,7,14H2,1-2H3,(H,25,26,29,33)(H,27,28,30,31). The zero-order chi connectivity index (χ0) is 22.8. The van der Waals surface area contributed by atoms with Gasteiger partial charge in [-0.25, -0.2) is 4.52 Å². The molecule has 166 valence electrons. The Morgan fingerprint density at radius 1 is 1.00 bits per heavy atom. The predicted octanol–water partition coefficient (Wildman–Crippen LogP) is 3.37. The minimum absolute atomic E-state index is 0.104. The van der Waals surface area contributed by atoms with Gasteiger partial charge in [-0.1, -0.05) is 68.8 Å². The first kappa shape index (κ1) is 20.7. The number of aromatic nitrogens is 8. The van der Waals surface area contributed by atoms with Gasteiger partial charge in [0.25, 0.3) is 5.56 Å². The third-order valence-electron chi connectivity index (χ3n) is 5.72. The zero-order valence-corrected chi connectivity index (χ0v) is 18.5. The second-order valence-corrected chi connectivity index (χ2v) is 7.90. The van der Waals surface area contributed by atoms with Crippen molar-refractivity contribution in [3.05, 3.63) is 81.5 Å². The molecule has 0 aliphatic rings. The molecule has 0 fully saturated rings. The maximum atomic E-state index is 12.9. The van der Waals surface area contributed by atoms with Crippen LogP contribution in [0, 0.1) is 0 Å². The molecule has 0 amide bonds. The van der Waals surface area contributed by atoms with Crippen LogP contribution in [-0.4, -0.2) is 40.2 Å². The van der Waals surface area contributed by atoms with Gasteiger partial charge in [-0.05, 0) is 28.3 Å². The first-order chi connectivity index (χ1) is 16.2. The lowest BCUT2D eigenvalue weighted by molar-refractivity contribution is 0.759. The Labute approximate surface area is 189 Å². The largest absolute Gasteiger partial charge is 0.290 e. The van der Waals surface area contributed by atoms with Crippen LogP contribution in [0.5, 0.6) is 0 Å². The molecule has 0 saturated carbocycles. The van der Waals surface area contributed by atoms with Crippen LogP contribution in [-0.2, 0) is 19.3 Å². The van der Waals surface area contributed by atoms with Crippen molar-refractivity contribution in [3.8, 4) is 22.5 Å². The molecule has 0 atom stereocenters. The highest BCUT2D eigenvalue weighted by molar-refractivity contribution is 5.80. The Balaban J connectivity index is 1.50. The number of nitrogens with one attached hydrogen (secondary N) is 2. The quantitative estimate of drug-likeness (QED) is 0.401. The Morgan fingerprint density at radius 2 is 1.79 bits per heavy atom. The van der Waals surface area contributed by atoms with E-state index in [9.17, 15) is 4.79 Å². The molecule has 0 radical (unpaired) electrons. The van der Waals surface area contributed by atoms with E-state index in [1.165, 1.54) is 0 Å². The maximum Gasteiger partial charge on any atom is 0.256 e. The number of tetrazole rings is 1. The van der Waals surface area contributed by atoms with Crippen LogP contribution in [0.3, 0.4) is 0 Å². The van der Waals surface area contributed by atoms with Gasteiger partial charge in [0.2, 0.25) is 11.6 Å². The molecule has 5 rings (SSSR count). The highest BCUT2D eigenvalue weighted by Gasteiger charge is 2.16. The maximum absolute atomic E-state index is 12.9. The Morgan fingerprint density at radius 3 is 2.48 bits per heavy atom. The summed E-state index contributed by atoms with van der Waals surface area (Å²) in [5.41, 5.74) is 5.57. The van der Waals surface area contributed by atoms with Gasteiger partial charge >= 0.3 is 0 Å². The minimum atomic E-state index is -0.104. The SMILES string of the molecule is CCCc1c(Cc2ccc(-c3ccccc3-c3nn[nH]n3)cc2)c(=O)[nH]c2nc(CC)nn12. The van der Waals surface area contributed by atoms with Gasteiger partial charge in [0.1, 0.15) is 0 Å². The molecular weight excluding hydrogens is 416 g/mol. The van der Waals surface area contributed by atoms with Gasteiger partial charge < -0.3 is 0 Å². The smallest absolute Gasteiger partial charge is 0.256 e. The molecule has 2 N–H and O–H groups in total. The Bertz CT molecular complexity index is 1450. The molecule has 3 aromatic heterocycles. The summed E-state index contributed by atoms with van der Waals surface area (Å²) in [6.07, 6.45) is 2.92. The lowest BCUT2D eigenvalue weighted by Gasteiger charge is -2.11. The Hall–Kier alpha value is -4.14. The van der Waals surface area contributed by atoms with Crippen molar-refractivity contribution >= 4 is 5.78 Å². The van der Waals surface area contributed by atoms with Crippen molar-refractivity contribution < 1.29 is 0 Å². The molecular formula is C24H24N8O. The third-order valence-corrected chi connectivity index (χ3v) is 5.72. The summed E-state index contributed by atoms with van der Waals surface area (Å²) in [6.45, 7) is 4.11. The van der Waals surface area contributed by atoms with E-state index in [1.54, 1.807) is 4.52 Å². The monoisotopic (exact) mass is 440 g/mol. The number of rotatable bonds is 7. The highest BCUT2D eigenvalue weighted by atomic mass is 16.1. The van der Waals surface area contributed by atoms with E-state index in [-0.39, 0.29) is 5.56 Å². The topological polar surface area (TPSA) is 118 Å². The van der Waals surface area contributed by atoms with Crippen molar-refractivity contribution in [2.45, 2.75) is 39.5 Å². The lowest BCUT2D eigenvalue weighted by Crippen LogP contribution is -2.20. The molecule has 2 aromatic carbocycles. The third kappa shape index (κ3) is 3.93. The van der Waals surface area contributed by atoms with Crippen LogP contribution in [0.1, 0.15) is 42.9 Å². The van der Waals surface area contributed by atoms with Crippen LogP contribution < -0.4 is 5.56 Å². The molecule has 9 heteroatoms. The fourth-order valence-corrected chi connectivity index (χ4v) is 4.10. The molecule has 0 unspecified atom stereocenters. The fraction of sp³-hybridized carbons (Fsp3) is 0.250. The fourth-order valence-electron chi connectivity index (χ4n) is 4.10. The van der Waals surface area contributed by atoms with Crippen molar-refractivity contribution in [1.29, 1.82) is 0 Å². The van der Waals surface area contributed by atoms with Gasteiger partial charge in [-0.15, -0.1) is 15.3 Å². The molecule has 0 aliphatic carbocycles. The number of benzene rings is 2. The number of fused-ring (bicyclic) bond motifs is 1. The molecule has 0 bridgehead atoms. The number of aryl methyl sites for hydroxylation is 2. The summed E-state index contributed by atoms with van der Waals surface area (Å²) < 4.78 is 1.80. The van der Waals surface area contributed by atoms with Gasteiger partial charge in [0.05, 0.1) is 5.69 Å². The van der Waals surface area contributed by atoms with Gasteiger partial charge in [-0.2, -0.15) is 10.2 Å². The zero-order valence-electron chi connectivity index (χ0n) is 18.5. The average molecular weight is 441 g/mol. The molecule has 0 spiro atoms. The number of hydrogen-bond donors (Lipinski definition) is 2. The second-order valence-electron chi connectivity index (χ2n) is 7.90. The average Bonchev–Trinajstić information content (AvgIpc) is 3.52. The first-order valence-electron chi connectivity index (χ1n) is 11.1. The summed E-state index contributed by atoms with van der Waals surface area (Å²) in [6, 6.07) is 16.2. The summed E-state index contributed by atoms with van der Waals surface area (Å²) in [4.78, 5) is 20.3. The van der Waals surface area contributed by atoms with Crippen molar-refractivity contribution in [2.75, 3.05) is 0 Å². The molecule has 9 nitrogen and oxygen atoms in total. The second kappa shape index (κ2) is 8.78. The van der Waals surface area contributed by atoms with E-state index in [4.69, 9.17) is 0 Å². The van der Waals surface area contributed by atoms with Crippen molar-refractivity contribution in [3.63, 3.8) is 0 Å². The molecule has 3 heterocycles. The molecule has 33 heavy (non-hydrogen) atoms. The number of hydrogen-bond acceptors (Lipinski definition) is 6. The Kier molecular flexibility index (Phi) is 5.52. The lowest BCUT2D eigenvalue weighted by atomic mass is 9.96. The van der Waals surface area contributed by atoms with E-state index in [0.29, 0.717) is 18.0 Å². The number of H-pyrrole nitrogens is 2. The molecule has 0 saturated heterocycles. The van der Waals surface area contributed by atoms with Crippen LogP contribution in [0.4, 0.5) is 0 Å². The van der Waals surface area contributed by atoms with Gasteiger partial charge in [0, 0.05) is 24.0 Å². The van der Waals surface area contributed by atoms with Crippen LogP contribution in [0.2, 0.25) is 0 Å². The summed E-state index contributed by atoms with van der Waals surface area (Å²) >= 11 is 0. The summed E-state index contributed by atoms with van der Waals surface area (Å²) in [5.74, 6) is 1.79. The van der Waals surface area contributed by atoms with Crippen LogP contribution >= 0.6 is 0 Å². The van der Waals surface area contributed by atoms with Gasteiger partial charge in [0.15, 0.2) is 5.82 Å². The van der Waals surface area contributed by atoms with Crippen molar-refractivity contribution in [2.24, 2.45) is 0 Å². The van der Waals surface area contributed by atoms with Crippen LogP contribution in [0.25, 0.3) is 28.3 Å². The minimum Gasteiger partial charge on any atom is -0.290 e. The van der Waals surface area contributed by atoms with E-state index >= 15 is 0 Å². The van der Waals surface area contributed by atoms with E-state index in [2.05, 4.69) is 66.9 Å². The summed E-state index contributed by atoms with van der Waals surface area (Å²) in [5, 5.41) is 19.0. The van der Waals surface area contributed by atoms with Crippen molar-refractivity contribution in [1.82, 2.24) is 40.2 Å². The first-order valence-corrected chi connectivity index (χ1v) is 11.1. The van der Waals surface area contributed by atoms with Gasteiger partial charge in [-0.3, -0.25) is 9.78 Å². The number of aromatic amines is 2. The number of nitrogens with zero attached hydrogens (tertiary/aromatic N) is 6.